The summed E-state index contributed by atoms with van der Waals surface area (Å²) in [5.74, 6) is 0.921. The number of fused-ring (bicyclic) bond motifs is 2. The van der Waals surface area contributed by atoms with Gasteiger partial charge >= 0.3 is 0 Å². The molecule has 0 saturated carbocycles. The van der Waals surface area contributed by atoms with Gasteiger partial charge in [0.2, 0.25) is 0 Å². The molecule has 1 aliphatic carbocycles. The Labute approximate surface area is 97.6 Å². The van der Waals surface area contributed by atoms with Crippen LogP contribution >= 0.6 is 11.3 Å². The first-order chi connectivity index (χ1) is 7.93. The second kappa shape index (κ2) is 3.99. The van der Waals surface area contributed by atoms with E-state index in [0.29, 0.717) is 0 Å². The zero-order valence-corrected chi connectivity index (χ0v) is 9.41. The van der Waals surface area contributed by atoms with Crippen LogP contribution in [0.4, 0.5) is 0 Å². The molecule has 0 radical (unpaired) electrons. The second-order valence-corrected chi connectivity index (χ2v) is 4.57. The fourth-order valence-electron chi connectivity index (χ4n) is 1.60. The molecule has 0 spiro atoms. The topological polar surface area (TPSA) is 13.1 Å². The van der Waals surface area contributed by atoms with Crippen LogP contribution in [-0.4, -0.2) is 0 Å². The maximum atomic E-state index is 5.86. The van der Waals surface area contributed by atoms with Crippen molar-refractivity contribution in [2.75, 3.05) is 0 Å². The van der Waals surface area contributed by atoms with Gasteiger partial charge in [0.05, 0.1) is 9.58 Å². The first kappa shape index (κ1) is 9.43. The first-order valence-corrected chi connectivity index (χ1v) is 5.95. The number of rotatable bonds is 0. The summed E-state index contributed by atoms with van der Waals surface area (Å²) >= 11 is 1.75. The molecular weight excluding hydrogens is 216 g/mol. The summed E-state index contributed by atoms with van der Waals surface area (Å²) in [6, 6.07) is 20.2. The Hall–Kier alpha value is -1.80. The third-order valence-corrected chi connectivity index (χ3v) is 3.47. The van der Waals surface area contributed by atoms with E-state index >= 15 is 0 Å². The standard InChI is InChI=1S/C14H10OS/c1-2-4-9-13-11(7-3-1)15-12-8-5-6-10-14(12)16-13/h1-10H. The van der Waals surface area contributed by atoms with E-state index in [1.54, 1.807) is 11.3 Å². The van der Waals surface area contributed by atoms with Gasteiger partial charge in [-0.3, -0.25) is 0 Å². The molecule has 2 aliphatic rings. The molecule has 16 heavy (non-hydrogen) atoms. The quantitative estimate of drug-likeness (QED) is 0.540. The third-order valence-electron chi connectivity index (χ3n) is 2.36. The molecule has 0 fully saturated rings. The minimum absolute atomic E-state index is 0.921. The van der Waals surface area contributed by atoms with Gasteiger partial charge in [-0.25, -0.2) is 0 Å². The van der Waals surface area contributed by atoms with Crippen LogP contribution in [0.5, 0.6) is 0 Å². The van der Waals surface area contributed by atoms with E-state index < -0.39 is 0 Å². The third kappa shape index (κ3) is 1.68. The van der Waals surface area contributed by atoms with Crippen LogP contribution in [0.25, 0.3) is 20.9 Å². The van der Waals surface area contributed by atoms with Gasteiger partial charge in [-0.15, -0.1) is 11.3 Å². The van der Waals surface area contributed by atoms with Gasteiger partial charge in [0.25, 0.3) is 0 Å². The van der Waals surface area contributed by atoms with Crippen LogP contribution in [0.1, 0.15) is 0 Å². The van der Waals surface area contributed by atoms with Crippen LogP contribution in [0.2, 0.25) is 0 Å². The molecule has 0 aromatic heterocycles. The molecule has 1 aromatic carbocycles. The zero-order chi connectivity index (χ0) is 10.8. The maximum absolute atomic E-state index is 5.86. The zero-order valence-electron chi connectivity index (χ0n) is 8.59. The van der Waals surface area contributed by atoms with Crippen molar-refractivity contribution in [1.29, 1.82) is 0 Å². The van der Waals surface area contributed by atoms with Gasteiger partial charge < -0.3 is 4.42 Å². The molecule has 0 bridgehead atoms. The predicted molar refractivity (Wildman–Crippen MR) is 68.3 cm³/mol. The lowest BCUT2D eigenvalue weighted by Gasteiger charge is -2.03. The van der Waals surface area contributed by atoms with Gasteiger partial charge in [0, 0.05) is 0 Å². The lowest BCUT2D eigenvalue weighted by molar-refractivity contribution is 0.623. The Balaban J connectivity index is 2.43. The maximum Gasteiger partial charge on any atom is 0.144 e. The molecule has 0 N–H and O–H groups in total. The Bertz CT molecular complexity index is 577. The molecule has 0 saturated heterocycles. The largest absolute Gasteiger partial charge is 0.454 e. The Kier molecular flexibility index (Phi) is 2.35. The van der Waals surface area contributed by atoms with Crippen molar-refractivity contribution in [3.05, 3.63) is 60.7 Å². The summed E-state index contributed by atoms with van der Waals surface area (Å²) in [4.78, 5) is 1.15. The summed E-state index contributed by atoms with van der Waals surface area (Å²) < 4.78 is 7.03. The summed E-state index contributed by atoms with van der Waals surface area (Å²) in [7, 11) is 0. The first-order valence-electron chi connectivity index (χ1n) is 5.14. The Morgan fingerprint density at radius 3 is 2.44 bits per heavy atom. The molecule has 1 heterocycles. The molecular formula is C14H10OS. The highest BCUT2D eigenvalue weighted by molar-refractivity contribution is 7.21. The average molecular weight is 226 g/mol. The van der Waals surface area contributed by atoms with Crippen molar-refractivity contribution in [1.82, 2.24) is 0 Å². The van der Waals surface area contributed by atoms with Crippen molar-refractivity contribution < 1.29 is 4.42 Å². The van der Waals surface area contributed by atoms with Crippen molar-refractivity contribution in [3.63, 3.8) is 0 Å². The minimum atomic E-state index is 0.921. The molecule has 3 rings (SSSR count). The van der Waals surface area contributed by atoms with Gasteiger partial charge in [-0.1, -0.05) is 36.4 Å². The van der Waals surface area contributed by atoms with Gasteiger partial charge in [0.1, 0.15) is 11.3 Å². The molecule has 0 atom stereocenters. The van der Waals surface area contributed by atoms with Crippen molar-refractivity contribution in [2.24, 2.45) is 0 Å². The van der Waals surface area contributed by atoms with Gasteiger partial charge in [-0.05, 0) is 24.3 Å². The summed E-state index contributed by atoms with van der Waals surface area (Å²) in [6.07, 6.45) is 0. The number of hydrogen-bond donors (Lipinski definition) is 0. The van der Waals surface area contributed by atoms with E-state index in [4.69, 9.17) is 4.42 Å². The fourth-order valence-corrected chi connectivity index (χ4v) is 2.55. The summed E-state index contributed by atoms with van der Waals surface area (Å²) in [6.45, 7) is 0. The lowest BCUT2D eigenvalue weighted by Crippen LogP contribution is -1.76. The highest BCUT2D eigenvalue weighted by atomic mass is 32.1. The summed E-state index contributed by atoms with van der Waals surface area (Å²) in [5.41, 5.74) is 0.939. The lowest BCUT2D eigenvalue weighted by atomic mass is 10.3. The smallest absolute Gasteiger partial charge is 0.144 e. The van der Waals surface area contributed by atoms with E-state index in [2.05, 4.69) is 12.1 Å². The number of benzene rings is 1. The van der Waals surface area contributed by atoms with E-state index in [-0.39, 0.29) is 0 Å². The van der Waals surface area contributed by atoms with Crippen LogP contribution in [0.3, 0.4) is 0 Å². The minimum Gasteiger partial charge on any atom is -0.454 e. The van der Waals surface area contributed by atoms with E-state index in [1.165, 1.54) is 4.70 Å². The normalized spacial score (nSPS) is 10.5. The van der Waals surface area contributed by atoms with Crippen molar-refractivity contribution in [2.45, 2.75) is 0 Å². The van der Waals surface area contributed by atoms with E-state index in [0.717, 1.165) is 16.2 Å². The van der Waals surface area contributed by atoms with Crippen LogP contribution in [0, 0.1) is 0 Å². The monoisotopic (exact) mass is 226 g/mol. The van der Waals surface area contributed by atoms with Crippen molar-refractivity contribution in [3.8, 4) is 10.6 Å². The van der Waals surface area contributed by atoms with E-state index in [1.807, 2.05) is 48.5 Å². The molecule has 1 aliphatic heterocycles. The molecule has 1 nitrogen and oxygen atoms in total. The molecule has 2 heteroatoms. The Morgan fingerprint density at radius 2 is 1.50 bits per heavy atom. The highest BCUT2D eigenvalue weighted by Gasteiger charge is 2.04. The van der Waals surface area contributed by atoms with E-state index in [9.17, 15) is 0 Å². The molecule has 0 unspecified atom stereocenters. The molecule has 0 amide bonds. The molecule has 1 aromatic rings. The Morgan fingerprint density at radius 1 is 0.750 bits per heavy atom. The average Bonchev–Trinajstić information content (AvgIpc) is 2.29. The summed E-state index contributed by atoms with van der Waals surface area (Å²) in [5, 5.41) is 0. The van der Waals surface area contributed by atoms with Crippen LogP contribution in [0.15, 0.2) is 65.1 Å². The second-order valence-electron chi connectivity index (χ2n) is 3.48. The number of para-hydroxylation sites is 1. The highest BCUT2D eigenvalue weighted by Crippen LogP contribution is 2.31. The van der Waals surface area contributed by atoms with Crippen LogP contribution in [-0.2, 0) is 0 Å². The van der Waals surface area contributed by atoms with Crippen LogP contribution < -0.4 is 0 Å². The SMILES string of the molecule is c1cccc2sc3ccccc3oc-2cc1. The van der Waals surface area contributed by atoms with Gasteiger partial charge in [-0.2, -0.15) is 0 Å². The predicted octanol–water partition coefficient (Wildman–Crippen LogP) is 4.72. The van der Waals surface area contributed by atoms with Gasteiger partial charge in [0.15, 0.2) is 0 Å². The van der Waals surface area contributed by atoms with Crippen molar-refractivity contribution >= 4 is 21.6 Å². The fraction of sp³-hybridized carbons (Fsp3) is 0. The molecule has 78 valence electrons. The number of hydrogen-bond acceptors (Lipinski definition) is 2.